The van der Waals surface area contributed by atoms with E-state index in [0.29, 0.717) is 17.6 Å². The van der Waals surface area contributed by atoms with Gasteiger partial charge in [-0.1, -0.05) is 12.1 Å². The van der Waals surface area contributed by atoms with E-state index in [1.54, 1.807) is 12.1 Å². The zero-order valence-electron chi connectivity index (χ0n) is 12.6. The molecule has 0 fully saturated rings. The summed E-state index contributed by atoms with van der Waals surface area (Å²) in [6.45, 7) is 1.82. The fourth-order valence-corrected chi connectivity index (χ4v) is 3.25. The van der Waals surface area contributed by atoms with Crippen molar-refractivity contribution in [3.05, 3.63) is 62.5 Å². The van der Waals surface area contributed by atoms with Crippen molar-refractivity contribution in [1.29, 1.82) is 5.26 Å². The van der Waals surface area contributed by atoms with Gasteiger partial charge < -0.3 is 5.32 Å². The molecule has 6 nitrogen and oxygen atoms in total. The Bertz CT molecular complexity index is 797. The third kappa shape index (κ3) is 2.50. The van der Waals surface area contributed by atoms with Crippen LogP contribution in [-0.2, 0) is 4.79 Å². The van der Waals surface area contributed by atoms with Crippen LogP contribution in [0.15, 0.2) is 46.8 Å². The van der Waals surface area contributed by atoms with Gasteiger partial charge >= 0.3 is 0 Å². The second kappa shape index (κ2) is 5.69. The molecule has 0 spiro atoms. The monoisotopic (exact) mass is 309 g/mol. The Morgan fingerprint density at radius 2 is 2.00 bits per heavy atom. The van der Waals surface area contributed by atoms with Gasteiger partial charge in [-0.3, -0.25) is 14.9 Å². The fraction of sp³-hybridized carbons (Fsp3) is 0.294. The number of nitro groups is 1. The number of nitrogens with zero attached hydrogens (tertiary/aromatic N) is 2. The van der Waals surface area contributed by atoms with E-state index in [0.717, 1.165) is 29.8 Å². The van der Waals surface area contributed by atoms with Crippen molar-refractivity contribution in [1.82, 2.24) is 5.32 Å². The van der Waals surface area contributed by atoms with Crippen molar-refractivity contribution >= 4 is 11.5 Å². The van der Waals surface area contributed by atoms with Crippen molar-refractivity contribution in [2.75, 3.05) is 0 Å². The minimum Gasteiger partial charge on any atom is -0.361 e. The van der Waals surface area contributed by atoms with E-state index in [1.807, 2.05) is 6.92 Å². The maximum atomic E-state index is 12.4. The number of benzene rings is 1. The van der Waals surface area contributed by atoms with Crippen LogP contribution in [0.25, 0.3) is 0 Å². The lowest BCUT2D eigenvalue weighted by Gasteiger charge is -2.32. The molecule has 1 aliphatic carbocycles. The van der Waals surface area contributed by atoms with Crippen LogP contribution in [0.4, 0.5) is 5.69 Å². The third-order valence-corrected chi connectivity index (χ3v) is 4.33. The molecule has 1 aromatic carbocycles. The molecule has 3 rings (SSSR count). The molecule has 1 aliphatic heterocycles. The van der Waals surface area contributed by atoms with E-state index in [9.17, 15) is 20.2 Å². The molecular weight excluding hydrogens is 294 g/mol. The van der Waals surface area contributed by atoms with Gasteiger partial charge in [0, 0.05) is 35.5 Å². The number of nitriles is 1. The summed E-state index contributed by atoms with van der Waals surface area (Å²) in [7, 11) is 0. The van der Waals surface area contributed by atoms with Crippen molar-refractivity contribution < 1.29 is 9.72 Å². The minimum atomic E-state index is -0.463. The Hall–Kier alpha value is -2.94. The molecule has 1 aromatic rings. The van der Waals surface area contributed by atoms with Crippen molar-refractivity contribution in [2.45, 2.75) is 32.1 Å². The first kappa shape index (κ1) is 15.0. The number of hydrogen-bond donors (Lipinski definition) is 1. The van der Waals surface area contributed by atoms with Crippen LogP contribution in [0.1, 0.15) is 37.7 Å². The van der Waals surface area contributed by atoms with Crippen molar-refractivity contribution in [2.24, 2.45) is 0 Å². The maximum Gasteiger partial charge on any atom is 0.269 e. The predicted molar refractivity (Wildman–Crippen MR) is 83.2 cm³/mol. The van der Waals surface area contributed by atoms with Gasteiger partial charge in [-0.2, -0.15) is 5.26 Å². The quantitative estimate of drug-likeness (QED) is 0.669. The SMILES string of the molecule is CC1=C(C#N)C(c2ccc([N+](=O)[O-])cc2)C2=C(CCCC2=O)N1. The van der Waals surface area contributed by atoms with E-state index in [1.165, 1.54) is 12.1 Å². The van der Waals surface area contributed by atoms with Crippen LogP contribution in [0.2, 0.25) is 0 Å². The molecule has 6 heteroatoms. The van der Waals surface area contributed by atoms with Crippen LogP contribution in [0.5, 0.6) is 0 Å². The number of dihydropyridines is 1. The first-order valence-corrected chi connectivity index (χ1v) is 7.41. The topological polar surface area (TPSA) is 96.0 Å². The van der Waals surface area contributed by atoms with E-state index < -0.39 is 10.8 Å². The molecule has 1 heterocycles. The van der Waals surface area contributed by atoms with Gasteiger partial charge in [0.2, 0.25) is 0 Å². The summed E-state index contributed by atoms with van der Waals surface area (Å²) in [4.78, 5) is 22.8. The summed E-state index contributed by atoms with van der Waals surface area (Å²) >= 11 is 0. The molecule has 116 valence electrons. The Balaban J connectivity index is 2.13. The number of ketones is 1. The molecule has 2 aliphatic rings. The van der Waals surface area contributed by atoms with Crippen LogP contribution < -0.4 is 5.32 Å². The molecular formula is C17H15N3O3. The highest BCUT2D eigenvalue weighted by Gasteiger charge is 2.35. The van der Waals surface area contributed by atoms with E-state index in [4.69, 9.17) is 0 Å². The average molecular weight is 309 g/mol. The highest BCUT2D eigenvalue weighted by molar-refractivity contribution is 5.99. The summed E-state index contributed by atoms with van der Waals surface area (Å²) in [6, 6.07) is 8.27. The Morgan fingerprint density at radius 1 is 1.30 bits per heavy atom. The zero-order chi connectivity index (χ0) is 16.6. The molecule has 0 saturated carbocycles. The molecule has 0 amide bonds. The number of allylic oxidation sites excluding steroid dienone is 4. The van der Waals surface area contributed by atoms with Crippen LogP contribution in [-0.4, -0.2) is 10.7 Å². The van der Waals surface area contributed by atoms with E-state index in [-0.39, 0.29) is 11.5 Å². The van der Waals surface area contributed by atoms with Crippen molar-refractivity contribution in [3.8, 4) is 6.07 Å². The first-order chi connectivity index (χ1) is 11.0. The number of carbonyl (C=O) groups excluding carboxylic acids is 1. The number of nitrogens with one attached hydrogen (secondary N) is 1. The van der Waals surface area contributed by atoms with Gasteiger partial charge in [-0.25, -0.2) is 0 Å². The average Bonchev–Trinajstić information content (AvgIpc) is 2.54. The van der Waals surface area contributed by atoms with Gasteiger partial charge in [0.05, 0.1) is 22.5 Å². The Kier molecular flexibility index (Phi) is 3.70. The van der Waals surface area contributed by atoms with Gasteiger partial charge in [0.1, 0.15) is 0 Å². The molecule has 1 N–H and O–H groups in total. The van der Waals surface area contributed by atoms with E-state index >= 15 is 0 Å². The second-order valence-electron chi connectivity index (χ2n) is 5.73. The van der Waals surface area contributed by atoms with Gasteiger partial charge in [-0.15, -0.1) is 0 Å². The molecule has 0 saturated heterocycles. The summed E-state index contributed by atoms with van der Waals surface area (Å²) < 4.78 is 0. The lowest BCUT2D eigenvalue weighted by molar-refractivity contribution is -0.384. The highest BCUT2D eigenvalue weighted by Crippen LogP contribution is 2.41. The lowest BCUT2D eigenvalue weighted by atomic mass is 9.75. The molecule has 1 unspecified atom stereocenters. The number of hydrogen-bond acceptors (Lipinski definition) is 5. The fourth-order valence-electron chi connectivity index (χ4n) is 3.25. The van der Waals surface area contributed by atoms with Gasteiger partial charge in [-0.05, 0) is 25.3 Å². The molecule has 23 heavy (non-hydrogen) atoms. The number of nitro benzene ring substituents is 1. The number of non-ortho nitro benzene ring substituents is 1. The summed E-state index contributed by atoms with van der Waals surface area (Å²) in [5.74, 6) is -0.396. The summed E-state index contributed by atoms with van der Waals surface area (Å²) in [5, 5.41) is 23.5. The highest BCUT2D eigenvalue weighted by atomic mass is 16.6. The first-order valence-electron chi connectivity index (χ1n) is 7.41. The maximum absolute atomic E-state index is 12.4. The number of rotatable bonds is 2. The van der Waals surface area contributed by atoms with Crippen LogP contribution in [0, 0.1) is 21.4 Å². The Labute approximate surface area is 133 Å². The standard InChI is InChI=1S/C17H15N3O3/c1-10-13(9-18)16(11-5-7-12(8-6-11)20(22)23)17-14(19-10)3-2-4-15(17)21/h5-8,16,19H,2-4H2,1H3. The van der Waals surface area contributed by atoms with Crippen molar-refractivity contribution in [3.63, 3.8) is 0 Å². The molecule has 1 atom stereocenters. The summed E-state index contributed by atoms with van der Waals surface area (Å²) in [6.07, 6.45) is 2.05. The van der Waals surface area contributed by atoms with Crippen LogP contribution >= 0.6 is 0 Å². The zero-order valence-corrected chi connectivity index (χ0v) is 12.6. The number of carbonyl (C=O) groups is 1. The third-order valence-electron chi connectivity index (χ3n) is 4.33. The molecule has 0 bridgehead atoms. The second-order valence-corrected chi connectivity index (χ2v) is 5.73. The minimum absolute atomic E-state index is 0.00827. The largest absolute Gasteiger partial charge is 0.361 e. The molecule has 0 aromatic heterocycles. The van der Waals surface area contributed by atoms with E-state index in [2.05, 4.69) is 11.4 Å². The van der Waals surface area contributed by atoms with Gasteiger partial charge in [0.15, 0.2) is 5.78 Å². The summed E-state index contributed by atoms with van der Waals surface area (Å²) in [5.41, 5.74) is 3.47. The van der Waals surface area contributed by atoms with Gasteiger partial charge in [0.25, 0.3) is 5.69 Å². The lowest BCUT2D eigenvalue weighted by Crippen LogP contribution is -2.31. The predicted octanol–water partition coefficient (Wildman–Crippen LogP) is 3.09. The van der Waals surface area contributed by atoms with Crippen LogP contribution in [0.3, 0.4) is 0 Å². The Morgan fingerprint density at radius 3 is 2.61 bits per heavy atom. The molecule has 0 radical (unpaired) electrons. The number of Topliss-reactive ketones (excluding diaryl/α,β-unsaturated/α-hetero) is 1. The smallest absolute Gasteiger partial charge is 0.269 e. The normalized spacial score (nSPS) is 20.7.